The highest BCUT2D eigenvalue weighted by Gasteiger charge is 2.23. The first-order valence-electron chi connectivity index (χ1n) is 3.10. The van der Waals surface area contributed by atoms with Crippen LogP contribution in [0.1, 0.15) is 6.92 Å². The van der Waals surface area contributed by atoms with Crippen LogP contribution in [0.2, 0.25) is 0 Å². The Bertz CT molecular complexity index is 151. The molecule has 0 N–H and O–H groups in total. The zero-order chi connectivity index (χ0) is 7.40. The van der Waals surface area contributed by atoms with Gasteiger partial charge in [0.25, 0.3) is 0 Å². The van der Waals surface area contributed by atoms with Gasteiger partial charge in [0.1, 0.15) is 12.7 Å². The minimum atomic E-state index is -0.544. The second-order valence-electron chi connectivity index (χ2n) is 1.92. The maximum atomic E-state index is 10.5. The van der Waals surface area contributed by atoms with Crippen LogP contribution in [0.15, 0.2) is 4.99 Å². The molecule has 1 atom stereocenters. The number of aliphatic imine (C=N–C) groups is 1. The highest BCUT2D eigenvalue weighted by Crippen LogP contribution is 2.08. The van der Waals surface area contributed by atoms with Crippen molar-refractivity contribution in [3.8, 4) is 0 Å². The van der Waals surface area contributed by atoms with Crippen LogP contribution >= 0.6 is 0 Å². The standard InChI is InChI=1S/C6H9NO3/c1-2-7-6(8)10-4-5-3-9-5/h2,5H,3-4H2,1H3. The fourth-order valence-corrected chi connectivity index (χ4v) is 0.471. The third-order valence-corrected chi connectivity index (χ3v) is 1.03. The fourth-order valence-electron chi connectivity index (χ4n) is 0.471. The molecule has 10 heavy (non-hydrogen) atoms. The summed E-state index contributed by atoms with van der Waals surface area (Å²) in [4.78, 5) is 13.9. The number of rotatable bonds is 2. The smallest absolute Gasteiger partial charge is 0.433 e. The molecule has 1 amide bonds. The van der Waals surface area contributed by atoms with Crippen LogP contribution in [0.4, 0.5) is 4.79 Å². The summed E-state index contributed by atoms with van der Waals surface area (Å²) in [6.45, 7) is 2.69. The Morgan fingerprint density at radius 3 is 3.20 bits per heavy atom. The summed E-state index contributed by atoms with van der Waals surface area (Å²) >= 11 is 0. The van der Waals surface area contributed by atoms with Crippen molar-refractivity contribution in [1.29, 1.82) is 0 Å². The number of nitrogens with zero attached hydrogens (tertiary/aromatic N) is 1. The molecule has 0 aromatic rings. The molecule has 1 aliphatic rings. The van der Waals surface area contributed by atoms with Gasteiger partial charge in [-0.2, -0.15) is 4.99 Å². The molecule has 0 spiro atoms. The summed E-state index contributed by atoms with van der Waals surface area (Å²) in [6, 6.07) is 0. The van der Waals surface area contributed by atoms with Gasteiger partial charge in [0.05, 0.1) is 6.61 Å². The van der Waals surface area contributed by atoms with Gasteiger partial charge in [0.2, 0.25) is 0 Å². The van der Waals surface area contributed by atoms with Crippen molar-refractivity contribution >= 4 is 12.3 Å². The van der Waals surface area contributed by atoms with Gasteiger partial charge in [0, 0.05) is 6.21 Å². The summed E-state index contributed by atoms with van der Waals surface area (Å²) in [5.74, 6) is 0. The second kappa shape index (κ2) is 3.31. The van der Waals surface area contributed by atoms with Crippen LogP contribution < -0.4 is 0 Å². The molecule has 1 saturated heterocycles. The minimum absolute atomic E-state index is 0.121. The Morgan fingerprint density at radius 1 is 2.00 bits per heavy atom. The molecule has 0 aromatic carbocycles. The number of ether oxygens (including phenoxy) is 2. The van der Waals surface area contributed by atoms with Gasteiger partial charge in [-0.3, -0.25) is 0 Å². The molecule has 1 aliphatic heterocycles. The molecule has 0 aromatic heterocycles. The van der Waals surface area contributed by atoms with Gasteiger partial charge in [-0.05, 0) is 6.92 Å². The summed E-state index contributed by atoms with van der Waals surface area (Å²) < 4.78 is 9.45. The van der Waals surface area contributed by atoms with E-state index in [1.165, 1.54) is 6.21 Å². The maximum Gasteiger partial charge on any atom is 0.433 e. The number of amides is 1. The Hall–Kier alpha value is -0.900. The lowest BCUT2D eigenvalue weighted by molar-refractivity contribution is 0.146. The molecule has 4 heteroatoms. The second-order valence-corrected chi connectivity index (χ2v) is 1.92. The van der Waals surface area contributed by atoms with E-state index in [4.69, 9.17) is 4.74 Å². The summed E-state index contributed by atoms with van der Waals surface area (Å²) in [5.41, 5.74) is 0. The number of hydrogen-bond acceptors (Lipinski definition) is 3. The van der Waals surface area contributed by atoms with Gasteiger partial charge in [-0.25, -0.2) is 4.79 Å². The van der Waals surface area contributed by atoms with Gasteiger partial charge < -0.3 is 9.47 Å². The number of carbonyl (C=O) groups is 1. The third-order valence-electron chi connectivity index (χ3n) is 1.03. The molecule has 1 rings (SSSR count). The highest BCUT2D eigenvalue weighted by molar-refractivity contribution is 5.78. The van der Waals surface area contributed by atoms with E-state index >= 15 is 0 Å². The van der Waals surface area contributed by atoms with Crippen LogP contribution in [-0.2, 0) is 9.47 Å². The van der Waals surface area contributed by atoms with E-state index < -0.39 is 6.09 Å². The van der Waals surface area contributed by atoms with Crippen LogP contribution in [0.25, 0.3) is 0 Å². The first kappa shape index (κ1) is 7.21. The Morgan fingerprint density at radius 2 is 2.70 bits per heavy atom. The topological polar surface area (TPSA) is 51.2 Å². The Balaban J connectivity index is 2.05. The Labute approximate surface area is 58.8 Å². The van der Waals surface area contributed by atoms with Gasteiger partial charge in [-0.1, -0.05) is 0 Å². The summed E-state index contributed by atoms with van der Waals surface area (Å²) in [5, 5.41) is 0. The monoisotopic (exact) mass is 143 g/mol. The van der Waals surface area contributed by atoms with Gasteiger partial charge in [-0.15, -0.1) is 0 Å². The van der Waals surface area contributed by atoms with Crippen molar-refractivity contribution in [1.82, 2.24) is 0 Å². The largest absolute Gasteiger partial charge is 0.445 e. The molecule has 1 heterocycles. The van der Waals surface area contributed by atoms with Crippen molar-refractivity contribution in [2.24, 2.45) is 4.99 Å². The predicted molar refractivity (Wildman–Crippen MR) is 35.3 cm³/mol. The molecular weight excluding hydrogens is 134 g/mol. The van der Waals surface area contributed by atoms with Crippen LogP contribution in [0, 0.1) is 0 Å². The quantitative estimate of drug-likeness (QED) is 0.420. The van der Waals surface area contributed by atoms with Crippen molar-refractivity contribution in [2.45, 2.75) is 13.0 Å². The Kier molecular flexibility index (Phi) is 2.39. The molecule has 0 radical (unpaired) electrons. The van der Waals surface area contributed by atoms with Crippen molar-refractivity contribution < 1.29 is 14.3 Å². The number of carbonyl (C=O) groups excluding carboxylic acids is 1. The van der Waals surface area contributed by atoms with Crippen molar-refractivity contribution in [2.75, 3.05) is 13.2 Å². The molecule has 1 fully saturated rings. The summed E-state index contributed by atoms with van der Waals surface area (Å²) in [7, 11) is 0. The zero-order valence-corrected chi connectivity index (χ0v) is 5.74. The van der Waals surface area contributed by atoms with Crippen molar-refractivity contribution in [3.05, 3.63) is 0 Å². The molecule has 56 valence electrons. The average molecular weight is 143 g/mol. The zero-order valence-electron chi connectivity index (χ0n) is 5.74. The molecule has 0 aliphatic carbocycles. The van der Waals surface area contributed by atoms with E-state index in [1.54, 1.807) is 6.92 Å². The molecule has 0 bridgehead atoms. The van der Waals surface area contributed by atoms with Gasteiger partial charge in [0.15, 0.2) is 0 Å². The number of hydrogen-bond donors (Lipinski definition) is 0. The third kappa shape index (κ3) is 2.59. The molecule has 1 unspecified atom stereocenters. The fraction of sp³-hybridized carbons (Fsp3) is 0.667. The normalized spacial score (nSPS) is 23.1. The SMILES string of the molecule is CC=NC(=O)OCC1CO1. The lowest BCUT2D eigenvalue weighted by Gasteiger charge is -1.94. The highest BCUT2D eigenvalue weighted by atomic mass is 16.6. The van der Waals surface area contributed by atoms with E-state index in [2.05, 4.69) is 9.73 Å². The van der Waals surface area contributed by atoms with Gasteiger partial charge >= 0.3 is 6.09 Å². The molecule has 4 nitrogen and oxygen atoms in total. The van der Waals surface area contributed by atoms with E-state index in [-0.39, 0.29) is 6.10 Å². The predicted octanol–water partition coefficient (Wildman–Crippen LogP) is 0.613. The minimum Gasteiger partial charge on any atom is -0.445 e. The first-order valence-corrected chi connectivity index (χ1v) is 3.10. The lowest BCUT2D eigenvalue weighted by atomic mass is 10.5. The molecular formula is C6H9NO3. The molecule has 0 saturated carbocycles. The van der Waals surface area contributed by atoms with E-state index in [1.807, 2.05) is 0 Å². The van der Waals surface area contributed by atoms with Crippen LogP contribution in [0.3, 0.4) is 0 Å². The maximum absolute atomic E-state index is 10.5. The van der Waals surface area contributed by atoms with E-state index in [0.717, 1.165) is 0 Å². The average Bonchev–Trinajstić information content (AvgIpc) is 2.67. The lowest BCUT2D eigenvalue weighted by Crippen LogP contribution is -2.05. The van der Waals surface area contributed by atoms with Crippen molar-refractivity contribution in [3.63, 3.8) is 0 Å². The first-order chi connectivity index (χ1) is 4.83. The van der Waals surface area contributed by atoms with E-state index in [0.29, 0.717) is 13.2 Å². The summed E-state index contributed by atoms with van der Waals surface area (Å²) in [6.07, 6.45) is 0.977. The number of epoxide rings is 1. The van der Waals surface area contributed by atoms with Crippen LogP contribution in [0.5, 0.6) is 0 Å². The van der Waals surface area contributed by atoms with E-state index in [9.17, 15) is 4.79 Å². The van der Waals surface area contributed by atoms with Crippen LogP contribution in [-0.4, -0.2) is 31.6 Å².